The van der Waals surface area contributed by atoms with Gasteiger partial charge in [0.2, 0.25) is 0 Å². The Bertz CT molecular complexity index is 908. The van der Waals surface area contributed by atoms with Crippen LogP contribution in [-0.4, -0.2) is 25.5 Å². The molecule has 3 aromatic rings. The topological polar surface area (TPSA) is 43.6 Å². The fourth-order valence-corrected chi connectivity index (χ4v) is 3.22. The maximum absolute atomic E-state index is 12.8. The zero-order valence-electron chi connectivity index (χ0n) is 12.7. The number of aromatic nitrogens is 4. The first-order valence-electron chi connectivity index (χ1n) is 7.02. The van der Waals surface area contributed by atoms with Crippen LogP contribution in [-0.2, 0) is 6.18 Å². The lowest BCUT2D eigenvalue weighted by molar-refractivity contribution is -0.137. The summed E-state index contributed by atoms with van der Waals surface area (Å²) in [5, 5.41) is 5.71. The van der Waals surface area contributed by atoms with Gasteiger partial charge in [0.1, 0.15) is 0 Å². The van der Waals surface area contributed by atoms with Crippen LogP contribution in [0.2, 0.25) is 5.02 Å². The van der Waals surface area contributed by atoms with Crippen molar-refractivity contribution in [2.75, 3.05) is 5.75 Å². The predicted molar refractivity (Wildman–Crippen MR) is 87.8 cm³/mol. The summed E-state index contributed by atoms with van der Waals surface area (Å²) in [6.07, 6.45) is -2.13. The number of aryl methyl sites for hydroxylation is 1. The molecule has 0 amide bonds. The lowest BCUT2D eigenvalue weighted by atomic mass is 10.2. The van der Waals surface area contributed by atoms with Crippen molar-refractivity contribution in [2.24, 2.45) is 0 Å². The van der Waals surface area contributed by atoms with Gasteiger partial charge in [-0.25, -0.2) is 14.6 Å². The highest BCUT2D eigenvalue weighted by atomic mass is 35.5. The van der Waals surface area contributed by atoms with E-state index in [0.29, 0.717) is 5.52 Å². The number of pyridine rings is 2. The van der Waals surface area contributed by atoms with Gasteiger partial charge in [-0.15, -0.1) is 11.8 Å². The maximum Gasteiger partial charge on any atom is 0.417 e. The predicted octanol–water partition coefficient (Wildman–Crippen LogP) is 4.91. The third-order valence-corrected chi connectivity index (χ3v) is 4.45. The number of hydrogen-bond acceptors (Lipinski definition) is 4. The van der Waals surface area contributed by atoms with Gasteiger partial charge in [-0.1, -0.05) is 18.5 Å². The van der Waals surface area contributed by atoms with Crippen LogP contribution in [0.4, 0.5) is 13.2 Å². The lowest BCUT2D eigenvalue weighted by Crippen LogP contribution is -2.08. The second kappa shape index (κ2) is 6.25. The molecule has 0 unspecified atom stereocenters. The van der Waals surface area contributed by atoms with Crippen LogP contribution in [0.3, 0.4) is 0 Å². The fourth-order valence-electron chi connectivity index (χ4n) is 2.28. The first-order chi connectivity index (χ1) is 11.3. The van der Waals surface area contributed by atoms with Gasteiger partial charge in [-0.05, 0) is 24.8 Å². The van der Waals surface area contributed by atoms with E-state index >= 15 is 0 Å². The smallest absolute Gasteiger partial charge is 0.246 e. The summed E-state index contributed by atoms with van der Waals surface area (Å²) in [5.74, 6) is 1.00. The van der Waals surface area contributed by atoms with E-state index in [1.54, 1.807) is 18.0 Å². The molecule has 3 heterocycles. The van der Waals surface area contributed by atoms with Crippen molar-refractivity contribution >= 4 is 34.3 Å². The molecule has 9 heteroatoms. The number of hydrogen-bond donors (Lipinski definition) is 0. The first-order valence-corrected chi connectivity index (χ1v) is 8.39. The number of halogens is 4. The molecule has 0 aliphatic heterocycles. The molecule has 0 N–H and O–H groups in total. The van der Waals surface area contributed by atoms with Crippen LogP contribution >= 0.6 is 23.4 Å². The van der Waals surface area contributed by atoms with Gasteiger partial charge in [-0.3, -0.25) is 0 Å². The minimum Gasteiger partial charge on any atom is -0.246 e. The van der Waals surface area contributed by atoms with Crippen LogP contribution in [0.25, 0.3) is 16.7 Å². The van der Waals surface area contributed by atoms with E-state index in [0.717, 1.165) is 34.1 Å². The summed E-state index contributed by atoms with van der Waals surface area (Å²) in [4.78, 5) is 8.34. The number of rotatable bonds is 3. The molecule has 0 saturated carbocycles. The average molecular weight is 373 g/mol. The fraction of sp³-hybridized carbons (Fsp3) is 0.267. The third-order valence-electron chi connectivity index (χ3n) is 3.38. The Balaban J connectivity index is 2.16. The van der Waals surface area contributed by atoms with Crippen LogP contribution in [0.15, 0.2) is 29.6 Å². The zero-order chi connectivity index (χ0) is 17.5. The summed E-state index contributed by atoms with van der Waals surface area (Å²) in [6, 6.07) is 2.69. The Hall–Kier alpha value is -1.80. The minimum atomic E-state index is -4.49. The van der Waals surface area contributed by atoms with E-state index in [9.17, 15) is 13.2 Å². The van der Waals surface area contributed by atoms with Crippen molar-refractivity contribution in [2.45, 2.75) is 25.0 Å². The maximum atomic E-state index is 12.8. The van der Waals surface area contributed by atoms with Gasteiger partial charge in [0.25, 0.3) is 0 Å². The highest BCUT2D eigenvalue weighted by Gasteiger charge is 2.32. The van der Waals surface area contributed by atoms with E-state index in [2.05, 4.69) is 15.1 Å². The second-order valence-electron chi connectivity index (χ2n) is 5.00. The van der Waals surface area contributed by atoms with Gasteiger partial charge >= 0.3 is 6.18 Å². The second-order valence-corrected chi connectivity index (χ2v) is 6.69. The van der Waals surface area contributed by atoms with Crippen LogP contribution < -0.4 is 0 Å². The van der Waals surface area contributed by atoms with Crippen LogP contribution in [0.1, 0.15) is 18.2 Å². The molecule has 3 rings (SSSR count). The normalized spacial score (nSPS) is 12.1. The van der Waals surface area contributed by atoms with Crippen molar-refractivity contribution in [1.82, 2.24) is 19.7 Å². The summed E-state index contributed by atoms with van der Waals surface area (Å²) in [6.45, 7) is 3.87. The molecular formula is C15H12ClF3N4S. The molecule has 0 aliphatic carbocycles. The van der Waals surface area contributed by atoms with E-state index in [4.69, 9.17) is 11.6 Å². The van der Waals surface area contributed by atoms with Gasteiger partial charge in [0.05, 0.1) is 27.3 Å². The monoisotopic (exact) mass is 372 g/mol. The summed E-state index contributed by atoms with van der Waals surface area (Å²) >= 11 is 7.59. The molecule has 24 heavy (non-hydrogen) atoms. The number of fused-ring (bicyclic) bond motifs is 1. The van der Waals surface area contributed by atoms with Crippen molar-refractivity contribution in [3.05, 3.63) is 40.8 Å². The molecule has 4 nitrogen and oxygen atoms in total. The Morgan fingerprint density at radius 3 is 2.62 bits per heavy atom. The SMILES string of the molecule is CCSc1cc2c(cnn2-c2ncc(C(F)(F)F)cc2Cl)c(C)n1. The van der Waals surface area contributed by atoms with Gasteiger partial charge in [0.15, 0.2) is 5.82 Å². The number of alkyl halides is 3. The molecule has 0 aromatic carbocycles. The van der Waals surface area contributed by atoms with E-state index in [1.807, 2.05) is 19.9 Å². The number of nitrogens with zero attached hydrogens (tertiary/aromatic N) is 4. The number of thioether (sulfide) groups is 1. The van der Waals surface area contributed by atoms with E-state index < -0.39 is 11.7 Å². The Labute approximate surface area is 145 Å². The summed E-state index contributed by atoms with van der Waals surface area (Å²) in [7, 11) is 0. The van der Waals surface area contributed by atoms with Crippen molar-refractivity contribution in [3.63, 3.8) is 0 Å². The zero-order valence-corrected chi connectivity index (χ0v) is 14.3. The molecule has 3 aromatic heterocycles. The molecule has 0 saturated heterocycles. The third kappa shape index (κ3) is 3.08. The molecule has 0 aliphatic rings. The van der Waals surface area contributed by atoms with E-state index in [-0.39, 0.29) is 10.8 Å². The molecular weight excluding hydrogens is 361 g/mol. The van der Waals surface area contributed by atoms with Crippen molar-refractivity contribution < 1.29 is 13.2 Å². The Morgan fingerprint density at radius 1 is 1.25 bits per heavy atom. The standard InChI is InChI=1S/C15H12ClF3N4S/c1-3-24-13-5-12-10(8(2)22-13)7-21-23(12)14-11(16)4-9(6-20-14)15(17,18)19/h4-7H,3H2,1-2H3. The molecule has 126 valence electrons. The van der Waals surface area contributed by atoms with Crippen LogP contribution in [0, 0.1) is 6.92 Å². The molecule has 0 bridgehead atoms. The largest absolute Gasteiger partial charge is 0.417 e. The summed E-state index contributed by atoms with van der Waals surface area (Å²) < 4.78 is 39.7. The van der Waals surface area contributed by atoms with Gasteiger partial charge in [0, 0.05) is 17.3 Å². The van der Waals surface area contributed by atoms with Gasteiger partial charge < -0.3 is 0 Å². The van der Waals surface area contributed by atoms with Gasteiger partial charge in [-0.2, -0.15) is 18.3 Å². The lowest BCUT2D eigenvalue weighted by Gasteiger charge is -2.10. The highest BCUT2D eigenvalue weighted by molar-refractivity contribution is 7.99. The van der Waals surface area contributed by atoms with Crippen LogP contribution in [0.5, 0.6) is 0 Å². The minimum absolute atomic E-state index is 0.117. The molecule has 0 radical (unpaired) electrons. The Kier molecular flexibility index (Phi) is 4.44. The molecule has 0 spiro atoms. The summed E-state index contributed by atoms with van der Waals surface area (Å²) in [5.41, 5.74) is 0.595. The van der Waals surface area contributed by atoms with E-state index in [1.165, 1.54) is 4.68 Å². The Morgan fingerprint density at radius 2 is 2.00 bits per heavy atom. The quantitative estimate of drug-likeness (QED) is 0.613. The average Bonchev–Trinajstić information content (AvgIpc) is 2.91. The van der Waals surface area contributed by atoms with Crippen molar-refractivity contribution in [1.29, 1.82) is 0 Å². The van der Waals surface area contributed by atoms with Crippen molar-refractivity contribution in [3.8, 4) is 5.82 Å². The first kappa shape index (κ1) is 17.0. The molecule has 0 fully saturated rings. The highest BCUT2D eigenvalue weighted by Crippen LogP contribution is 2.33. The molecule has 0 atom stereocenters.